The average molecular weight is 465 g/mol. The maximum Gasteiger partial charge on any atom is 0.260 e. The van der Waals surface area contributed by atoms with Crippen LogP contribution in [0.1, 0.15) is 52.7 Å². The van der Waals surface area contributed by atoms with Crippen LogP contribution in [-0.4, -0.2) is 47.9 Å². The number of fused-ring (bicyclic) bond motifs is 1. The number of likely N-dealkylation sites (N-methyl/N-ethyl adjacent to an activating group) is 1. The highest BCUT2D eigenvalue weighted by atomic mass is 16.5. The first kappa shape index (κ1) is 25.3. The second-order valence-electron chi connectivity index (χ2n) is 9.37. The fourth-order valence-corrected chi connectivity index (χ4v) is 5.57. The lowest BCUT2D eigenvalue weighted by atomic mass is 9.57. The molecule has 0 saturated heterocycles. The summed E-state index contributed by atoms with van der Waals surface area (Å²) in [6, 6.07) is 15.9. The summed E-state index contributed by atoms with van der Waals surface area (Å²) >= 11 is 0. The summed E-state index contributed by atoms with van der Waals surface area (Å²) in [6.45, 7) is 12.3. The lowest BCUT2D eigenvalue weighted by Gasteiger charge is -2.55. The van der Waals surface area contributed by atoms with E-state index in [1.807, 2.05) is 58.9 Å². The molecule has 7 heteroatoms. The fraction of sp³-hybridized carbons (Fsp3) is 0.444. The van der Waals surface area contributed by atoms with Gasteiger partial charge in [0.25, 0.3) is 5.91 Å². The Hall–Kier alpha value is -3.35. The molecule has 0 bridgehead atoms. The van der Waals surface area contributed by atoms with Gasteiger partial charge in [0.2, 0.25) is 11.8 Å². The second kappa shape index (κ2) is 9.49. The molecule has 2 unspecified atom stereocenters. The highest BCUT2D eigenvalue weighted by molar-refractivity contribution is 5.98. The van der Waals surface area contributed by atoms with Gasteiger partial charge in [-0.1, -0.05) is 25.1 Å². The van der Waals surface area contributed by atoms with Crippen molar-refractivity contribution in [3.05, 3.63) is 59.7 Å². The number of rotatable bonds is 7. The third-order valence-electron chi connectivity index (χ3n) is 7.03. The number of ether oxygens (including phenoxy) is 1. The van der Waals surface area contributed by atoms with Crippen molar-refractivity contribution in [2.45, 2.75) is 52.5 Å². The highest BCUT2D eigenvalue weighted by Crippen LogP contribution is 2.54. The van der Waals surface area contributed by atoms with Crippen molar-refractivity contribution >= 4 is 23.4 Å². The number of carbonyl (C=O) groups is 3. The van der Waals surface area contributed by atoms with E-state index in [9.17, 15) is 14.4 Å². The van der Waals surface area contributed by atoms with Crippen LogP contribution in [0.3, 0.4) is 0 Å². The van der Waals surface area contributed by atoms with Crippen molar-refractivity contribution < 1.29 is 19.1 Å². The van der Waals surface area contributed by atoms with Gasteiger partial charge in [0.15, 0.2) is 6.61 Å². The van der Waals surface area contributed by atoms with E-state index in [1.54, 1.807) is 28.0 Å². The smallest absolute Gasteiger partial charge is 0.260 e. The molecule has 181 valence electrons. The van der Waals surface area contributed by atoms with E-state index in [1.165, 1.54) is 6.92 Å². The van der Waals surface area contributed by atoms with E-state index in [-0.39, 0.29) is 18.4 Å². The van der Waals surface area contributed by atoms with Crippen molar-refractivity contribution in [1.29, 1.82) is 0 Å². The third-order valence-corrected chi connectivity index (χ3v) is 7.03. The van der Waals surface area contributed by atoms with Crippen LogP contribution in [0, 0.1) is 12.0 Å². The molecule has 1 radical (unpaired) electrons. The van der Waals surface area contributed by atoms with Gasteiger partial charge in [-0.05, 0) is 69.2 Å². The van der Waals surface area contributed by atoms with Crippen molar-refractivity contribution in [3.63, 3.8) is 0 Å². The van der Waals surface area contributed by atoms with Crippen LogP contribution in [0.2, 0.25) is 0 Å². The standard InChI is InChI=1S/C27H34N3O4/c1-7-29(8-2)23(32)17-34-20-15-13-19(14-16-20)27(6)21-11-9-10-12-22(21)30(18(3)31)26(4,5)24(27)25(28)33/h10-16,24H,7-8,17H2,1-6H3,(H2,28,33). The summed E-state index contributed by atoms with van der Waals surface area (Å²) in [7, 11) is 0. The largest absolute Gasteiger partial charge is 0.484 e. The highest BCUT2D eigenvalue weighted by Gasteiger charge is 2.57. The summed E-state index contributed by atoms with van der Waals surface area (Å²) < 4.78 is 5.72. The Kier molecular flexibility index (Phi) is 7.05. The Balaban J connectivity index is 2.04. The van der Waals surface area contributed by atoms with Gasteiger partial charge >= 0.3 is 0 Å². The zero-order valence-electron chi connectivity index (χ0n) is 20.8. The van der Waals surface area contributed by atoms with Gasteiger partial charge in [-0.15, -0.1) is 0 Å². The Morgan fingerprint density at radius 1 is 1.09 bits per heavy atom. The van der Waals surface area contributed by atoms with E-state index in [0.717, 1.165) is 16.8 Å². The van der Waals surface area contributed by atoms with Crippen LogP contribution in [0.5, 0.6) is 5.75 Å². The van der Waals surface area contributed by atoms with Crippen molar-refractivity contribution in [1.82, 2.24) is 4.90 Å². The molecule has 2 atom stereocenters. The summed E-state index contributed by atoms with van der Waals surface area (Å²) in [5, 5.41) is 0. The monoisotopic (exact) mass is 464 g/mol. The van der Waals surface area contributed by atoms with Crippen LogP contribution < -0.4 is 15.4 Å². The second-order valence-corrected chi connectivity index (χ2v) is 9.37. The molecular formula is C27H34N3O4. The average Bonchev–Trinajstić information content (AvgIpc) is 2.77. The van der Waals surface area contributed by atoms with Crippen molar-refractivity contribution in [2.75, 3.05) is 24.6 Å². The van der Waals surface area contributed by atoms with Crippen molar-refractivity contribution in [2.24, 2.45) is 11.7 Å². The first-order valence-corrected chi connectivity index (χ1v) is 11.6. The molecule has 0 saturated carbocycles. The molecule has 1 aliphatic heterocycles. The number of benzene rings is 2. The van der Waals surface area contributed by atoms with Crippen LogP contribution >= 0.6 is 0 Å². The number of nitrogens with two attached hydrogens (primary N) is 1. The Morgan fingerprint density at radius 2 is 1.71 bits per heavy atom. The molecule has 34 heavy (non-hydrogen) atoms. The quantitative estimate of drug-likeness (QED) is 0.681. The molecule has 0 fully saturated rings. The molecule has 2 aromatic carbocycles. The van der Waals surface area contributed by atoms with E-state index in [4.69, 9.17) is 10.5 Å². The molecule has 0 spiro atoms. The fourth-order valence-electron chi connectivity index (χ4n) is 5.57. The van der Waals surface area contributed by atoms with Gasteiger partial charge in [0.1, 0.15) is 5.75 Å². The zero-order chi connectivity index (χ0) is 25.3. The molecule has 3 rings (SSSR count). The predicted molar refractivity (Wildman–Crippen MR) is 132 cm³/mol. The van der Waals surface area contributed by atoms with Gasteiger partial charge in [0.05, 0.1) is 11.5 Å². The number of nitrogens with zero attached hydrogens (tertiary/aromatic N) is 2. The number of anilines is 1. The summed E-state index contributed by atoms with van der Waals surface area (Å²) in [5.74, 6) is -0.865. The lowest BCUT2D eigenvalue weighted by Crippen LogP contribution is -2.65. The SMILES string of the molecule is CCN(CC)C(=O)COc1ccc(C2(C)c3c[c]ccc3N(C(C)=O)C(C)(C)C2C(N)=O)cc1. The van der Waals surface area contributed by atoms with Crippen LogP contribution in [0.4, 0.5) is 5.69 Å². The molecule has 0 aromatic heterocycles. The van der Waals surface area contributed by atoms with E-state index < -0.39 is 22.8 Å². The maximum atomic E-state index is 12.9. The minimum absolute atomic E-state index is 0.0411. The Labute approximate surface area is 201 Å². The number of hydrogen-bond acceptors (Lipinski definition) is 4. The zero-order valence-corrected chi connectivity index (χ0v) is 20.8. The van der Waals surface area contributed by atoms with Gasteiger partial charge in [-0.2, -0.15) is 0 Å². The number of amides is 3. The molecule has 7 nitrogen and oxygen atoms in total. The Bertz CT molecular complexity index is 1080. The van der Waals surface area contributed by atoms with E-state index in [0.29, 0.717) is 18.8 Å². The minimum atomic E-state index is -0.869. The van der Waals surface area contributed by atoms with Gasteiger partial charge in [0, 0.05) is 31.1 Å². The summed E-state index contributed by atoms with van der Waals surface area (Å²) in [5.41, 5.74) is 6.70. The van der Waals surface area contributed by atoms with Crippen LogP contribution in [-0.2, 0) is 19.8 Å². The van der Waals surface area contributed by atoms with Gasteiger partial charge in [-0.3, -0.25) is 14.4 Å². The first-order valence-electron chi connectivity index (χ1n) is 11.6. The normalized spacial score (nSPS) is 20.9. The molecular weight excluding hydrogens is 430 g/mol. The van der Waals surface area contributed by atoms with E-state index in [2.05, 4.69) is 6.07 Å². The summed E-state index contributed by atoms with van der Waals surface area (Å²) in [4.78, 5) is 41.2. The number of hydrogen-bond donors (Lipinski definition) is 1. The molecule has 2 aromatic rings. The summed E-state index contributed by atoms with van der Waals surface area (Å²) in [6.07, 6.45) is 0. The van der Waals surface area contributed by atoms with Crippen LogP contribution in [0.25, 0.3) is 0 Å². The molecule has 0 aliphatic carbocycles. The number of carbonyl (C=O) groups excluding carboxylic acids is 3. The molecule has 1 aliphatic rings. The van der Waals surface area contributed by atoms with Crippen molar-refractivity contribution in [3.8, 4) is 5.75 Å². The molecule has 1 heterocycles. The maximum absolute atomic E-state index is 12.9. The minimum Gasteiger partial charge on any atom is -0.484 e. The first-order chi connectivity index (χ1) is 16.0. The van der Waals surface area contributed by atoms with Gasteiger partial charge in [-0.25, -0.2) is 0 Å². The molecule has 3 amide bonds. The number of primary amides is 1. The Morgan fingerprint density at radius 3 is 2.24 bits per heavy atom. The van der Waals surface area contributed by atoms with Crippen LogP contribution in [0.15, 0.2) is 42.5 Å². The topological polar surface area (TPSA) is 92.9 Å². The van der Waals surface area contributed by atoms with Gasteiger partial charge < -0.3 is 20.3 Å². The predicted octanol–water partition coefficient (Wildman–Crippen LogP) is 3.29. The lowest BCUT2D eigenvalue weighted by molar-refractivity contribution is -0.133. The molecule has 2 N–H and O–H groups in total. The third kappa shape index (κ3) is 4.15. The van der Waals surface area contributed by atoms with E-state index >= 15 is 0 Å².